The number of benzene rings is 1. The molecule has 0 radical (unpaired) electrons. The lowest BCUT2D eigenvalue weighted by Gasteiger charge is -2.19. The first kappa shape index (κ1) is 12.7. The van der Waals surface area contributed by atoms with Crippen molar-refractivity contribution in [2.24, 2.45) is 5.92 Å². The predicted octanol–water partition coefficient (Wildman–Crippen LogP) is 3.51. The number of furan rings is 1. The van der Waals surface area contributed by atoms with Crippen LogP contribution < -0.4 is 5.32 Å². The fraction of sp³-hybridized carbons (Fsp3) is 0.500. The molecule has 1 N–H and O–H groups in total. The lowest BCUT2D eigenvalue weighted by Crippen LogP contribution is -2.34. The third-order valence-corrected chi connectivity index (χ3v) is 3.88. The Morgan fingerprint density at radius 1 is 1.26 bits per heavy atom. The first-order valence-electron chi connectivity index (χ1n) is 7.07. The van der Waals surface area contributed by atoms with Crippen LogP contribution in [0.4, 0.5) is 0 Å². The van der Waals surface area contributed by atoms with E-state index in [0.717, 1.165) is 36.3 Å². The highest BCUT2D eigenvalue weighted by molar-refractivity contribution is 5.77. The molecule has 2 heterocycles. The van der Waals surface area contributed by atoms with Gasteiger partial charge in [0.1, 0.15) is 17.4 Å². The Labute approximate surface area is 113 Å². The van der Waals surface area contributed by atoms with Crippen molar-refractivity contribution in [1.82, 2.24) is 5.32 Å². The normalized spacial score (nSPS) is 24.8. The second kappa shape index (κ2) is 5.35. The van der Waals surface area contributed by atoms with Crippen LogP contribution in [0.2, 0.25) is 0 Å². The summed E-state index contributed by atoms with van der Waals surface area (Å²) in [6, 6.07) is 10.7. The van der Waals surface area contributed by atoms with Gasteiger partial charge in [0.2, 0.25) is 0 Å². The minimum atomic E-state index is 0.0242. The van der Waals surface area contributed by atoms with Gasteiger partial charge in [0.05, 0.1) is 0 Å². The van der Waals surface area contributed by atoms with E-state index in [1.165, 1.54) is 0 Å². The minimum Gasteiger partial charge on any atom is -0.458 e. The molecule has 0 aliphatic carbocycles. The Hall–Kier alpha value is -1.32. The van der Waals surface area contributed by atoms with Gasteiger partial charge in [0.25, 0.3) is 0 Å². The molecule has 3 rings (SSSR count). The second-order valence-electron chi connectivity index (χ2n) is 5.59. The van der Waals surface area contributed by atoms with Gasteiger partial charge in [-0.15, -0.1) is 0 Å². The van der Waals surface area contributed by atoms with Gasteiger partial charge in [-0.3, -0.25) is 0 Å². The topological polar surface area (TPSA) is 34.4 Å². The second-order valence-corrected chi connectivity index (χ2v) is 5.59. The fourth-order valence-corrected chi connectivity index (χ4v) is 2.67. The molecule has 0 saturated carbocycles. The molecular formula is C16H21NO2. The number of hydrogen-bond acceptors (Lipinski definition) is 3. The number of nitrogens with one attached hydrogen (secondary N) is 1. The van der Waals surface area contributed by atoms with Crippen LogP contribution in [0, 0.1) is 5.92 Å². The first-order chi connectivity index (χ1) is 9.24. The van der Waals surface area contributed by atoms with E-state index in [0.29, 0.717) is 12.0 Å². The lowest BCUT2D eigenvalue weighted by molar-refractivity contribution is 0.0519. The Kier molecular flexibility index (Phi) is 3.58. The highest BCUT2D eigenvalue weighted by atomic mass is 16.5. The Morgan fingerprint density at radius 3 is 2.89 bits per heavy atom. The quantitative estimate of drug-likeness (QED) is 0.896. The molecule has 3 nitrogen and oxygen atoms in total. The zero-order chi connectivity index (χ0) is 13.2. The van der Waals surface area contributed by atoms with Gasteiger partial charge < -0.3 is 14.5 Å². The molecule has 1 aliphatic heterocycles. The molecule has 1 aromatic carbocycles. The molecule has 0 spiro atoms. The Morgan fingerprint density at radius 2 is 2.11 bits per heavy atom. The van der Waals surface area contributed by atoms with E-state index in [1.807, 2.05) is 18.2 Å². The van der Waals surface area contributed by atoms with Crippen LogP contribution >= 0.6 is 0 Å². The third kappa shape index (κ3) is 2.67. The van der Waals surface area contributed by atoms with E-state index in [2.05, 4.69) is 31.3 Å². The van der Waals surface area contributed by atoms with Crippen molar-refractivity contribution in [3.63, 3.8) is 0 Å². The number of fused-ring (bicyclic) bond motifs is 1. The summed E-state index contributed by atoms with van der Waals surface area (Å²) < 4.78 is 11.8. The average Bonchev–Trinajstić information content (AvgIpc) is 2.67. The van der Waals surface area contributed by atoms with E-state index in [9.17, 15) is 0 Å². The predicted molar refractivity (Wildman–Crippen MR) is 76.2 cm³/mol. The third-order valence-electron chi connectivity index (χ3n) is 3.88. The maximum absolute atomic E-state index is 5.94. The maximum Gasteiger partial charge on any atom is 0.135 e. The summed E-state index contributed by atoms with van der Waals surface area (Å²) in [5.74, 6) is 1.57. The summed E-state index contributed by atoms with van der Waals surface area (Å²) >= 11 is 0. The standard InChI is InChI=1S/C16H21NO2/c1-11(2)13-7-8-18-16(10-17-13)15-9-12-5-3-4-6-14(12)19-15/h3-6,9,11,13,16-17H,7-8,10H2,1-2H3. The van der Waals surface area contributed by atoms with Crippen LogP contribution in [0.5, 0.6) is 0 Å². The molecule has 1 saturated heterocycles. The summed E-state index contributed by atoms with van der Waals surface area (Å²) in [6.45, 7) is 6.11. The SMILES string of the molecule is CC(C)C1CCOC(c2cc3ccccc3o2)CN1. The van der Waals surface area contributed by atoms with Crippen molar-refractivity contribution in [1.29, 1.82) is 0 Å². The summed E-state index contributed by atoms with van der Waals surface area (Å²) in [6.07, 6.45) is 1.09. The average molecular weight is 259 g/mol. The van der Waals surface area contributed by atoms with Gasteiger partial charge in [-0.25, -0.2) is 0 Å². The van der Waals surface area contributed by atoms with Crippen LogP contribution in [0.1, 0.15) is 32.1 Å². The minimum absolute atomic E-state index is 0.0242. The fourth-order valence-electron chi connectivity index (χ4n) is 2.67. The molecule has 0 amide bonds. The van der Waals surface area contributed by atoms with Crippen LogP contribution in [-0.2, 0) is 4.74 Å². The van der Waals surface area contributed by atoms with E-state index in [1.54, 1.807) is 0 Å². The van der Waals surface area contributed by atoms with Gasteiger partial charge in [0.15, 0.2) is 0 Å². The molecule has 2 atom stereocenters. The molecule has 3 heteroatoms. The lowest BCUT2D eigenvalue weighted by atomic mass is 10.0. The Balaban J connectivity index is 1.78. The molecule has 1 aromatic heterocycles. The van der Waals surface area contributed by atoms with Gasteiger partial charge >= 0.3 is 0 Å². The molecule has 102 valence electrons. The highest BCUT2D eigenvalue weighted by Crippen LogP contribution is 2.27. The monoisotopic (exact) mass is 259 g/mol. The number of ether oxygens (including phenoxy) is 1. The van der Waals surface area contributed by atoms with Gasteiger partial charge in [0, 0.05) is 24.6 Å². The summed E-state index contributed by atoms with van der Waals surface area (Å²) in [5, 5.41) is 4.73. The smallest absolute Gasteiger partial charge is 0.135 e. The van der Waals surface area contributed by atoms with E-state index in [4.69, 9.17) is 9.15 Å². The van der Waals surface area contributed by atoms with E-state index < -0.39 is 0 Å². The van der Waals surface area contributed by atoms with Crippen molar-refractivity contribution < 1.29 is 9.15 Å². The van der Waals surface area contributed by atoms with Crippen LogP contribution in [0.3, 0.4) is 0 Å². The number of hydrogen-bond donors (Lipinski definition) is 1. The number of rotatable bonds is 2. The van der Waals surface area contributed by atoms with Crippen LogP contribution in [-0.4, -0.2) is 19.2 Å². The van der Waals surface area contributed by atoms with Crippen LogP contribution in [0.15, 0.2) is 34.7 Å². The summed E-state index contributed by atoms with van der Waals surface area (Å²) in [5.41, 5.74) is 0.936. The molecule has 0 bridgehead atoms. The zero-order valence-electron chi connectivity index (χ0n) is 11.6. The molecular weight excluding hydrogens is 238 g/mol. The first-order valence-corrected chi connectivity index (χ1v) is 7.07. The highest BCUT2D eigenvalue weighted by Gasteiger charge is 2.24. The van der Waals surface area contributed by atoms with Crippen molar-refractivity contribution in [3.8, 4) is 0 Å². The molecule has 2 unspecified atom stereocenters. The van der Waals surface area contributed by atoms with Crippen molar-refractivity contribution in [3.05, 3.63) is 36.1 Å². The van der Waals surface area contributed by atoms with E-state index in [-0.39, 0.29) is 6.10 Å². The molecule has 1 fully saturated rings. The summed E-state index contributed by atoms with van der Waals surface area (Å²) in [4.78, 5) is 0. The maximum atomic E-state index is 5.94. The van der Waals surface area contributed by atoms with Gasteiger partial charge in [-0.1, -0.05) is 32.0 Å². The zero-order valence-corrected chi connectivity index (χ0v) is 11.6. The molecule has 2 aromatic rings. The van der Waals surface area contributed by atoms with Crippen LogP contribution in [0.25, 0.3) is 11.0 Å². The largest absolute Gasteiger partial charge is 0.458 e. The Bertz CT molecular complexity index is 513. The van der Waals surface area contributed by atoms with Crippen molar-refractivity contribution in [2.75, 3.05) is 13.2 Å². The number of para-hydroxylation sites is 1. The van der Waals surface area contributed by atoms with E-state index >= 15 is 0 Å². The molecule has 19 heavy (non-hydrogen) atoms. The van der Waals surface area contributed by atoms with Crippen molar-refractivity contribution in [2.45, 2.75) is 32.4 Å². The van der Waals surface area contributed by atoms with Crippen molar-refractivity contribution >= 4 is 11.0 Å². The molecule has 1 aliphatic rings. The van der Waals surface area contributed by atoms with Gasteiger partial charge in [-0.2, -0.15) is 0 Å². The van der Waals surface area contributed by atoms with Gasteiger partial charge in [-0.05, 0) is 24.5 Å². The summed E-state index contributed by atoms with van der Waals surface area (Å²) in [7, 11) is 0.